The predicted octanol–water partition coefficient (Wildman–Crippen LogP) is 3.92. The summed E-state index contributed by atoms with van der Waals surface area (Å²) in [7, 11) is 1.86. The minimum Gasteiger partial charge on any atom is -0.339 e. The van der Waals surface area contributed by atoms with Crippen molar-refractivity contribution in [1.82, 2.24) is 9.47 Å². The fourth-order valence-electron chi connectivity index (χ4n) is 2.20. The SMILES string of the molecule is CN(Cc1ccsc1)C(=O)c1cc(Br)cn1C1CC1. The van der Waals surface area contributed by atoms with Crippen LogP contribution in [0.5, 0.6) is 0 Å². The molecule has 100 valence electrons. The monoisotopic (exact) mass is 338 g/mol. The summed E-state index contributed by atoms with van der Waals surface area (Å²) < 4.78 is 3.09. The Bertz CT molecular complexity index is 587. The van der Waals surface area contributed by atoms with E-state index in [1.165, 1.54) is 18.4 Å². The highest BCUT2D eigenvalue weighted by Gasteiger charge is 2.28. The molecule has 19 heavy (non-hydrogen) atoms. The quantitative estimate of drug-likeness (QED) is 0.829. The molecule has 3 rings (SSSR count). The van der Waals surface area contributed by atoms with E-state index in [2.05, 4.69) is 31.9 Å². The Morgan fingerprint density at radius 1 is 1.58 bits per heavy atom. The highest BCUT2D eigenvalue weighted by Crippen LogP contribution is 2.37. The fraction of sp³-hybridized carbons (Fsp3) is 0.357. The fourth-order valence-corrected chi connectivity index (χ4v) is 3.29. The number of hydrogen-bond donors (Lipinski definition) is 0. The van der Waals surface area contributed by atoms with Crippen LogP contribution in [0.25, 0.3) is 0 Å². The summed E-state index contributed by atoms with van der Waals surface area (Å²) >= 11 is 5.13. The van der Waals surface area contributed by atoms with Crippen molar-refractivity contribution < 1.29 is 4.79 Å². The van der Waals surface area contributed by atoms with Crippen molar-refractivity contribution >= 4 is 33.2 Å². The minimum absolute atomic E-state index is 0.0869. The Kier molecular flexibility index (Phi) is 3.50. The Morgan fingerprint density at radius 2 is 2.37 bits per heavy atom. The third-order valence-electron chi connectivity index (χ3n) is 3.32. The topological polar surface area (TPSA) is 25.2 Å². The van der Waals surface area contributed by atoms with Gasteiger partial charge in [-0.15, -0.1) is 0 Å². The first-order valence-corrected chi connectivity index (χ1v) is 8.02. The van der Waals surface area contributed by atoms with Crippen LogP contribution < -0.4 is 0 Å². The van der Waals surface area contributed by atoms with Crippen molar-refractivity contribution in [3.8, 4) is 0 Å². The lowest BCUT2D eigenvalue weighted by Gasteiger charge is -2.17. The average molecular weight is 339 g/mol. The molecule has 0 N–H and O–H groups in total. The van der Waals surface area contributed by atoms with E-state index in [0.717, 1.165) is 10.2 Å². The molecule has 0 radical (unpaired) electrons. The van der Waals surface area contributed by atoms with E-state index >= 15 is 0 Å². The number of nitrogens with zero attached hydrogens (tertiary/aromatic N) is 2. The molecule has 3 nitrogen and oxygen atoms in total. The van der Waals surface area contributed by atoms with Crippen molar-refractivity contribution in [1.29, 1.82) is 0 Å². The molecule has 1 amide bonds. The van der Waals surface area contributed by atoms with Crippen LogP contribution in [-0.2, 0) is 6.54 Å². The first-order valence-electron chi connectivity index (χ1n) is 6.29. The standard InChI is InChI=1S/C14H15BrN2OS/c1-16(7-10-4-5-19-9-10)14(18)13-6-11(15)8-17(13)12-2-3-12/h4-6,8-9,12H,2-3,7H2,1H3. The molecule has 2 aromatic heterocycles. The van der Waals surface area contributed by atoms with Gasteiger partial charge in [0.25, 0.3) is 5.91 Å². The molecule has 2 aromatic rings. The van der Waals surface area contributed by atoms with E-state index < -0.39 is 0 Å². The van der Waals surface area contributed by atoms with Gasteiger partial charge in [0, 0.05) is 30.3 Å². The molecule has 0 unspecified atom stereocenters. The van der Waals surface area contributed by atoms with E-state index in [1.807, 2.05) is 24.7 Å². The summed E-state index contributed by atoms with van der Waals surface area (Å²) in [6.07, 6.45) is 4.37. The summed E-state index contributed by atoms with van der Waals surface area (Å²) in [5, 5.41) is 4.12. The summed E-state index contributed by atoms with van der Waals surface area (Å²) in [5.41, 5.74) is 1.97. The van der Waals surface area contributed by atoms with E-state index in [0.29, 0.717) is 12.6 Å². The van der Waals surface area contributed by atoms with Crippen molar-refractivity contribution in [2.75, 3.05) is 7.05 Å². The van der Waals surface area contributed by atoms with E-state index in [-0.39, 0.29) is 5.91 Å². The van der Waals surface area contributed by atoms with Gasteiger partial charge < -0.3 is 9.47 Å². The maximum absolute atomic E-state index is 12.5. The van der Waals surface area contributed by atoms with E-state index in [9.17, 15) is 4.79 Å². The Balaban J connectivity index is 1.79. The summed E-state index contributed by atoms with van der Waals surface area (Å²) in [6, 6.07) is 4.49. The molecule has 0 spiro atoms. The first kappa shape index (κ1) is 12.9. The maximum Gasteiger partial charge on any atom is 0.270 e. The van der Waals surface area contributed by atoms with E-state index in [4.69, 9.17) is 0 Å². The van der Waals surface area contributed by atoms with Gasteiger partial charge in [-0.3, -0.25) is 4.79 Å². The molecule has 0 aromatic carbocycles. The number of carbonyl (C=O) groups is 1. The molecule has 0 saturated heterocycles. The Morgan fingerprint density at radius 3 is 3.00 bits per heavy atom. The van der Waals surface area contributed by atoms with Crippen LogP contribution in [0, 0.1) is 0 Å². The second-order valence-corrected chi connectivity index (χ2v) is 6.67. The first-order chi connectivity index (χ1) is 9.15. The highest BCUT2D eigenvalue weighted by molar-refractivity contribution is 9.10. The Hall–Kier alpha value is -1.07. The lowest BCUT2D eigenvalue weighted by Crippen LogP contribution is -2.27. The number of thiophene rings is 1. The van der Waals surface area contributed by atoms with Crippen LogP contribution in [0.3, 0.4) is 0 Å². The number of rotatable bonds is 4. The number of aromatic nitrogens is 1. The maximum atomic E-state index is 12.5. The molecular formula is C14H15BrN2OS. The zero-order valence-electron chi connectivity index (χ0n) is 10.7. The van der Waals surface area contributed by atoms with Gasteiger partial charge >= 0.3 is 0 Å². The number of amides is 1. The zero-order valence-corrected chi connectivity index (χ0v) is 13.1. The minimum atomic E-state index is 0.0869. The Labute approximate surface area is 125 Å². The van der Waals surface area contributed by atoms with Crippen LogP contribution in [0.15, 0.2) is 33.6 Å². The van der Waals surface area contributed by atoms with Gasteiger partial charge in [0.05, 0.1) is 0 Å². The van der Waals surface area contributed by atoms with Gasteiger partial charge in [0.15, 0.2) is 0 Å². The molecule has 5 heteroatoms. The molecule has 1 aliphatic rings. The second kappa shape index (κ2) is 5.13. The molecule has 2 heterocycles. The second-order valence-electron chi connectivity index (χ2n) is 4.97. The van der Waals surface area contributed by atoms with Crippen molar-refractivity contribution in [2.24, 2.45) is 0 Å². The van der Waals surface area contributed by atoms with Gasteiger partial charge in [-0.05, 0) is 57.2 Å². The molecule has 1 aliphatic carbocycles. The van der Waals surface area contributed by atoms with Crippen molar-refractivity contribution in [2.45, 2.75) is 25.4 Å². The smallest absolute Gasteiger partial charge is 0.270 e. The third kappa shape index (κ3) is 2.77. The van der Waals surface area contributed by atoms with Crippen LogP contribution in [0.4, 0.5) is 0 Å². The van der Waals surface area contributed by atoms with Gasteiger partial charge in [0.2, 0.25) is 0 Å². The van der Waals surface area contributed by atoms with Gasteiger partial charge in [-0.25, -0.2) is 0 Å². The van der Waals surface area contributed by atoms with Crippen LogP contribution in [0.2, 0.25) is 0 Å². The molecule has 0 bridgehead atoms. The van der Waals surface area contributed by atoms with Crippen LogP contribution in [0.1, 0.15) is 34.9 Å². The summed E-state index contributed by atoms with van der Waals surface area (Å²) in [4.78, 5) is 14.3. The van der Waals surface area contributed by atoms with Crippen LogP contribution >= 0.6 is 27.3 Å². The zero-order chi connectivity index (χ0) is 13.4. The van der Waals surface area contributed by atoms with Gasteiger partial charge in [-0.1, -0.05) is 0 Å². The predicted molar refractivity (Wildman–Crippen MR) is 80.5 cm³/mol. The lowest BCUT2D eigenvalue weighted by atomic mass is 10.3. The normalized spacial score (nSPS) is 14.6. The molecule has 0 atom stereocenters. The molecule has 1 saturated carbocycles. The number of halogens is 1. The highest BCUT2D eigenvalue weighted by atomic mass is 79.9. The molecule has 1 fully saturated rings. The van der Waals surface area contributed by atoms with Crippen molar-refractivity contribution in [3.05, 3.63) is 44.8 Å². The number of carbonyl (C=O) groups excluding carboxylic acids is 1. The van der Waals surface area contributed by atoms with Gasteiger partial charge in [-0.2, -0.15) is 11.3 Å². The summed E-state index contributed by atoms with van der Waals surface area (Å²) in [5.74, 6) is 0.0869. The van der Waals surface area contributed by atoms with Crippen LogP contribution in [-0.4, -0.2) is 22.4 Å². The van der Waals surface area contributed by atoms with Gasteiger partial charge in [0.1, 0.15) is 5.69 Å². The number of hydrogen-bond acceptors (Lipinski definition) is 2. The average Bonchev–Trinajstić information content (AvgIpc) is 2.97. The summed E-state index contributed by atoms with van der Waals surface area (Å²) in [6.45, 7) is 0.662. The van der Waals surface area contributed by atoms with E-state index in [1.54, 1.807) is 16.2 Å². The lowest BCUT2D eigenvalue weighted by molar-refractivity contribution is 0.0774. The third-order valence-corrected chi connectivity index (χ3v) is 4.49. The largest absolute Gasteiger partial charge is 0.339 e. The van der Waals surface area contributed by atoms with Crippen molar-refractivity contribution in [3.63, 3.8) is 0 Å². The molecular weight excluding hydrogens is 324 g/mol. The molecule has 0 aliphatic heterocycles.